The van der Waals surface area contributed by atoms with E-state index in [1.165, 1.54) is 70.3 Å². The lowest BCUT2D eigenvalue weighted by Gasteiger charge is -2.34. The molecular formula is C64H64INO. The average molecular weight is 990 g/mol. The van der Waals surface area contributed by atoms with Crippen LogP contribution < -0.4 is 9.64 Å². The molecule has 0 saturated carbocycles. The molecule has 338 valence electrons. The largest absolute Gasteiger partial charge is 0.453 e. The summed E-state index contributed by atoms with van der Waals surface area (Å²) in [6, 6.07) is 62.2. The minimum atomic E-state index is 0.0647. The monoisotopic (exact) mass is 989 g/mol. The van der Waals surface area contributed by atoms with Crippen molar-refractivity contribution in [2.24, 2.45) is 0 Å². The Bertz CT molecular complexity index is 3020. The quantitative estimate of drug-likeness (QED) is 0.141. The Hall–Kier alpha value is -5.91. The first-order valence-corrected chi connectivity index (χ1v) is 25.0. The number of hydrogen-bond donors (Lipinski definition) is 0. The fourth-order valence-corrected chi connectivity index (χ4v) is 9.97. The Kier molecular flexibility index (Phi) is 12.4. The van der Waals surface area contributed by atoms with Crippen molar-refractivity contribution < 1.29 is 4.74 Å². The van der Waals surface area contributed by atoms with Gasteiger partial charge in [-0.3, -0.25) is 0 Å². The van der Waals surface area contributed by atoms with Crippen molar-refractivity contribution in [1.29, 1.82) is 0 Å². The maximum atomic E-state index is 6.78. The van der Waals surface area contributed by atoms with Crippen LogP contribution in [0.1, 0.15) is 103 Å². The highest BCUT2D eigenvalue weighted by Crippen LogP contribution is 2.52. The van der Waals surface area contributed by atoms with E-state index in [4.69, 9.17) is 4.74 Å². The molecule has 3 heteroatoms. The first kappa shape index (κ1) is 46.2. The molecule has 0 aromatic heterocycles. The molecule has 2 nitrogen and oxygen atoms in total. The van der Waals surface area contributed by atoms with Crippen LogP contribution in [0.25, 0.3) is 55.6 Å². The van der Waals surface area contributed by atoms with E-state index in [1.54, 1.807) is 0 Å². The number of anilines is 3. The molecule has 0 fully saturated rings. The van der Waals surface area contributed by atoms with Crippen molar-refractivity contribution >= 4 is 39.7 Å². The van der Waals surface area contributed by atoms with Crippen LogP contribution in [0.5, 0.6) is 11.5 Å². The van der Waals surface area contributed by atoms with Crippen LogP contribution >= 0.6 is 22.6 Å². The van der Waals surface area contributed by atoms with Crippen LogP contribution in [0.3, 0.4) is 0 Å². The third-order valence-electron chi connectivity index (χ3n) is 13.3. The number of halogens is 1. The molecule has 0 bridgehead atoms. The lowest BCUT2D eigenvalue weighted by atomic mass is 9.85. The first-order chi connectivity index (χ1) is 31.8. The van der Waals surface area contributed by atoms with E-state index < -0.39 is 0 Å². The molecule has 8 aromatic carbocycles. The standard InChI is InChI=1S/C64H64INO/c1-12-13-42-15-29-59-61(31-42)67-60-30-41(2)14-28-58(60)66(59)57-39-51(36-52(40-57)50-35-49(37-56(65)38-50)45-20-26-55(27-21-45)64(9,10)11)48-33-46(43-16-22-53(23-17-43)62(3,4)5)32-47(34-48)44-18-24-54(25-19-44)63(6,7)8/h14-40H,12-13H2,1-11H3. The highest BCUT2D eigenvalue weighted by Gasteiger charge is 2.28. The molecule has 67 heavy (non-hydrogen) atoms. The normalized spacial score (nSPS) is 12.7. The van der Waals surface area contributed by atoms with Gasteiger partial charge in [-0.15, -0.1) is 0 Å². The maximum absolute atomic E-state index is 6.78. The van der Waals surface area contributed by atoms with E-state index in [2.05, 4.69) is 267 Å². The molecule has 0 spiro atoms. The zero-order chi connectivity index (χ0) is 47.4. The molecular weight excluding hydrogens is 926 g/mol. The van der Waals surface area contributed by atoms with Crippen LogP contribution in [0.4, 0.5) is 17.1 Å². The summed E-state index contributed by atoms with van der Waals surface area (Å²) < 4.78 is 7.98. The summed E-state index contributed by atoms with van der Waals surface area (Å²) in [4.78, 5) is 2.41. The summed E-state index contributed by atoms with van der Waals surface area (Å²) in [5, 5.41) is 0. The topological polar surface area (TPSA) is 12.5 Å². The van der Waals surface area contributed by atoms with Gasteiger partial charge in [0.25, 0.3) is 0 Å². The Morgan fingerprint density at radius 2 is 0.761 bits per heavy atom. The fraction of sp³-hybridized carbons (Fsp3) is 0.250. The zero-order valence-corrected chi connectivity index (χ0v) is 43.4. The lowest BCUT2D eigenvalue weighted by molar-refractivity contribution is 0.476. The molecule has 0 radical (unpaired) electrons. The minimum absolute atomic E-state index is 0.0647. The predicted octanol–water partition coefficient (Wildman–Crippen LogP) is 19.4. The smallest absolute Gasteiger partial charge is 0.151 e. The number of benzene rings is 8. The number of aryl methyl sites for hydroxylation is 2. The summed E-state index contributed by atoms with van der Waals surface area (Å²) in [6.07, 6.45) is 2.08. The van der Waals surface area contributed by atoms with Gasteiger partial charge in [-0.25, -0.2) is 0 Å². The minimum Gasteiger partial charge on any atom is -0.453 e. The highest BCUT2D eigenvalue weighted by molar-refractivity contribution is 14.1. The summed E-state index contributed by atoms with van der Waals surface area (Å²) in [5.74, 6) is 1.75. The van der Waals surface area contributed by atoms with Crippen molar-refractivity contribution in [2.75, 3.05) is 4.90 Å². The Morgan fingerprint density at radius 1 is 0.403 bits per heavy atom. The Morgan fingerprint density at radius 3 is 1.18 bits per heavy atom. The molecule has 0 saturated heterocycles. The van der Waals surface area contributed by atoms with Gasteiger partial charge in [-0.05, 0) is 214 Å². The van der Waals surface area contributed by atoms with Gasteiger partial charge in [-0.2, -0.15) is 0 Å². The van der Waals surface area contributed by atoms with E-state index >= 15 is 0 Å². The van der Waals surface area contributed by atoms with E-state index in [1.807, 2.05) is 0 Å². The second kappa shape index (κ2) is 18.0. The Labute approximate surface area is 414 Å². The number of rotatable bonds is 8. The SMILES string of the molecule is CCCc1ccc2c(c1)Oc1cc(C)ccc1N2c1cc(-c2cc(I)cc(-c3ccc(C(C)(C)C)cc3)c2)cc(-c2cc(-c3ccc(C(C)(C)C)cc3)cc(-c3ccc(C(C)(C)C)cc3)c2)c1. The molecule has 0 amide bonds. The van der Waals surface area contributed by atoms with Crippen LogP contribution in [-0.2, 0) is 22.7 Å². The third-order valence-corrected chi connectivity index (χ3v) is 13.9. The molecule has 0 aliphatic carbocycles. The molecule has 1 aliphatic heterocycles. The van der Waals surface area contributed by atoms with Crippen molar-refractivity contribution in [3.8, 4) is 67.1 Å². The van der Waals surface area contributed by atoms with Gasteiger partial charge >= 0.3 is 0 Å². The van der Waals surface area contributed by atoms with Crippen molar-refractivity contribution in [2.45, 2.75) is 105 Å². The number of ether oxygens (including phenoxy) is 1. The highest BCUT2D eigenvalue weighted by atomic mass is 127. The second-order valence-corrected chi connectivity index (χ2v) is 23.0. The molecule has 1 aliphatic rings. The van der Waals surface area contributed by atoms with E-state index in [-0.39, 0.29) is 16.2 Å². The summed E-state index contributed by atoms with van der Waals surface area (Å²) >= 11 is 2.50. The van der Waals surface area contributed by atoms with Crippen molar-refractivity contribution in [3.05, 3.63) is 195 Å². The van der Waals surface area contributed by atoms with Crippen molar-refractivity contribution in [1.82, 2.24) is 0 Å². The predicted molar refractivity (Wildman–Crippen MR) is 296 cm³/mol. The molecule has 8 aromatic rings. The van der Waals surface area contributed by atoms with Crippen molar-refractivity contribution in [3.63, 3.8) is 0 Å². The summed E-state index contributed by atoms with van der Waals surface area (Å²) in [7, 11) is 0. The summed E-state index contributed by atoms with van der Waals surface area (Å²) in [5.41, 5.74) is 21.6. The van der Waals surface area contributed by atoms with Gasteiger partial charge in [0.15, 0.2) is 11.5 Å². The summed E-state index contributed by atoms with van der Waals surface area (Å²) in [6.45, 7) is 24.9. The van der Waals surface area contributed by atoms with Crippen LogP contribution in [0, 0.1) is 10.5 Å². The lowest BCUT2D eigenvalue weighted by Crippen LogP contribution is -2.16. The van der Waals surface area contributed by atoms with Crippen LogP contribution in [0.2, 0.25) is 0 Å². The van der Waals surface area contributed by atoms with Gasteiger partial charge in [-0.1, -0.05) is 161 Å². The average Bonchev–Trinajstić information content (AvgIpc) is 3.29. The van der Waals surface area contributed by atoms with E-state index in [0.29, 0.717) is 0 Å². The molecule has 0 N–H and O–H groups in total. The molecule has 0 unspecified atom stereocenters. The van der Waals surface area contributed by atoms with Gasteiger partial charge in [0.05, 0.1) is 11.4 Å². The second-order valence-electron chi connectivity index (χ2n) is 21.7. The van der Waals surface area contributed by atoms with Crippen LogP contribution in [0.15, 0.2) is 164 Å². The molecule has 1 heterocycles. The third kappa shape index (κ3) is 9.90. The fourth-order valence-electron chi connectivity index (χ4n) is 9.30. The Balaban J connectivity index is 1.28. The number of hydrogen-bond acceptors (Lipinski definition) is 2. The van der Waals surface area contributed by atoms with E-state index in [9.17, 15) is 0 Å². The first-order valence-electron chi connectivity index (χ1n) is 24.0. The maximum Gasteiger partial charge on any atom is 0.151 e. The number of fused-ring (bicyclic) bond motifs is 2. The van der Waals surface area contributed by atoms with Gasteiger partial charge < -0.3 is 9.64 Å². The molecule has 0 atom stereocenters. The molecule has 9 rings (SSSR count). The number of nitrogens with zero attached hydrogens (tertiary/aromatic N) is 1. The van der Waals surface area contributed by atoms with Gasteiger partial charge in [0, 0.05) is 9.26 Å². The zero-order valence-electron chi connectivity index (χ0n) is 41.2. The van der Waals surface area contributed by atoms with Gasteiger partial charge in [0.2, 0.25) is 0 Å². The van der Waals surface area contributed by atoms with E-state index in [0.717, 1.165) is 58.1 Å². The van der Waals surface area contributed by atoms with Crippen LogP contribution in [-0.4, -0.2) is 0 Å². The van der Waals surface area contributed by atoms with Gasteiger partial charge in [0.1, 0.15) is 0 Å².